The molecule has 0 unspecified atom stereocenters. The van der Waals surface area contributed by atoms with Crippen molar-refractivity contribution in [2.75, 3.05) is 5.75 Å². The Balaban J connectivity index is 2.75. The third-order valence-corrected chi connectivity index (χ3v) is 3.97. The van der Waals surface area contributed by atoms with Gasteiger partial charge in [0, 0.05) is 12.0 Å². The summed E-state index contributed by atoms with van der Waals surface area (Å²) in [6.07, 6.45) is 3.15. The van der Waals surface area contributed by atoms with E-state index in [1.807, 2.05) is 6.92 Å². The highest BCUT2D eigenvalue weighted by Gasteiger charge is 2.09. The summed E-state index contributed by atoms with van der Waals surface area (Å²) in [5.74, 6) is 2.70. The molecule has 0 radical (unpaired) electrons. The maximum absolute atomic E-state index is 6.13. The summed E-state index contributed by atoms with van der Waals surface area (Å²) in [5, 5.41) is 1.66. The maximum atomic E-state index is 6.13. The van der Waals surface area contributed by atoms with E-state index in [9.17, 15) is 0 Å². The third-order valence-electron chi connectivity index (χ3n) is 2.50. The summed E-state index contributed by atoms with van der Waals surface area (Å²) in [7, 11) is 0. The lowest BCUT2D eigenvalue weighted by atomic mass is 10.2. The summed E-state index contributed by atoms with van der Waals surface area (Å²) in [4.78, 5) is 8.89. The quantitative estimate of drug-likeness (QED) is 0.562. The van der Waals surface area contributed by atoms with E-state index in [2.05, 4.69) is 30.7 Å². The Kier molecular flexibility index (Phi) is 6.28. The number of halogens is 1. The first kappa shape index (κ1) is 14.8. The fourth-order valence-corrected chi connectivity index (χ4v) is 2.89. The molecule has 0 spiro atoms. The fourth-order valence-electron chi connectivity index (χ4n) is 1.38. The minimum Gasteiger partial charge on any atom is -0.226 e. The lowest BCUT2D eigenvalue weighted by molar-refractivity contribution is 0.631. The predicted molar refractivity (Wildman–Crippen MR) is 76.0 cm³/mol. The molecule has 1 heterocycles. The van der Waals surface area contributed by atoms with Crippen LogP contribution in [0.3, 0.4) is 0 Å². The fraction of sp³-hybridized carbons (Fsp3) is 0.692. The topological polar surface area (TPSA) is 25.8 Å². The number of hydrogen-bond donors (Lipinski definition) is 0. The standard InChI is InChI=1S/C13H21ClN2S/c1-5-6-11-15-12(14)10(4)13(16-11)17-8-7-9(2)3/h9H,5-8H2,1-4H3. The van der Waals surface area contributed by atoms with Crippen molar-refractivity contribution in [2.45, 2.75) is 52.0 Å². The van der Waals surface area contributed by atoms with E-state index in [0.29, 0.717) is 5.15 Å². The van der Waals surface area contributed by atoms with Crippen molar-refractivity contribution in [1.29, 1.82) is 0 Å². The van der Waals surface area contributed by atoms with Gasteiger partial charge in [0.1, 0.15) is 16.0 Å². The van der Waals surface area contributed by atoms with Gasteiger partial charge < -0.3 is 0 Å². The van der Waals surface area contributed by atoms with E-state index in [1.54, 1.807) is 11.8 Å². The van der Waals surface area contributed by atoms with Crippen LogP contribution < -0.4 is 0 Å². The zero-order chi connectivity index (χ0) is 12.8. The average molecular weight is 273 g/mol. The predicted octanol–water partition coefficient (Wildman–Crippen LogP) is 4.53. The molecule has 4 heteroatoms. The molecule has 0 aliphatic carbocycles. The Hall–Kier alpha value is -0.280. The summed E-state index contributed by atoms with van der Waals surface area (Å²) in [6.45, 7) is 8.60. The number of thioether (sulfide) groups is 1. The zero-order valence-corrected chi connectivity index (χ0v) is 12.7. The monoisotopic (exact) mass is 272 g/mol. The lowest BCUT2D eigenvalue weighted by Gasteiger charge is -2.09. The van der Waals surface area contributed by atoms with Crippen molar-refractivity contribution in [2.24, 2.45) is 5.92 Å². The number of hydrogen-bond acceptors (Lipinski definition) is 3. The van der Waals surface area contributed by atoms with Crippen LogP contribution in [-0.4, -0.2) is 15.7 Å². The second-order valence-electron chi connectivity index (χ2n) is 4.64. The molecule has 1 aromatic rings. The van der Waals surface area contributed by atoms with Gasteiger partial charge in [-0.15, -0.1) is 11.8 Å². The van der Waals surface area contributed by atoms with Crippen LogP contribution in [0.2, 0.25) is 5.15 Å². The Morgan fingerprint density at radius 3 is 2.59 bits per heavy atom. The Morgan fingerprint density at radius 1 is 1.29 bits per heavy atom. The third kappa shape index (κ3) is 4.84. The molecule has 0 aromatic carbocycles. The van der Waals surface area contributed by atoms with E-state index in [1.165, 1.54) is 6.42 Å². The number of aromatic nitrogens is 2. The van der Waals surface area contributed by atoms with Crippen LogP contribution in [0.4, 0.5) is 0 Å². The molecule has 0 saturated heterocycles. The number of rotatable bonds is 6. The molecule has 2 nitrogen and oxygen atoms in total. The lowest BCUT2D eigenvalue weighted by Crippen LogP contribution is -2.00. The van der Waals surface area contributed by atoms with Crippen LogP contribution in [0.15, 0.2) is 5.03 Å². The summed E-state index contributed by atoms with van der Waals surface area (Å²) < 4.78 is 0. The smallest absolute Gasteiger partial charge is 0.136 e. The molecule has 0 saturated carbocycles. The first-order valence-electron chi connectivity index (χ1n) is 6.20. The average Bonchev–Trinajstić information content (AvgIpc) is 2.24. The van der Waals surface area contributed by atoms with Gasteiger partial charge in [0.15, 0.2) is 0 Å². The van der Waals surface area contributed by atoms with Crippen LogP contribution in [0, 0.1) is 12.8 Å². The maximum Gasteiger partial charge on any atom is 0.136 e. The first-order valence-corrected chi connectivity index (χ1v) is 7.56. The summed E-state index contributed by atoms with van der Waals surface area (Å²) in [6, 6.07) is 0. The van der Waals surface area contributed by atoms with Crippen molar-refractivity contribution < 1.29 is 0 Å². The molecule has 0 aliphatic rings. The summed E-state index contributed by atoms with van der Waals surface area (Å²) >= 11 is 7.93. The highest BCUT2D eigenvalue weighted by Crippen LogP contribution is 2.26. The van der Waals surface area contributed by atoms with E-state index >= 15 is 0 Å². The molecule has 1 aromatic heterocycles. The molecule has 0 fully saturated rings. The van der Waals surface area contributed by atoms with Gasteiger partial charge in [0.25, 0.3) is 0 Å². The first-order chi connectivity index (χ1) is 8.04. The van der Waals surface area contributed by atoms with Crippen LogP contribution in [-0.2, 0) is 6.42 Å². The highest BCUT2D eigenvalue weighted by atomic mass is 35.5. The zero-order valence-electron chi connectivity index (χ0n) is 11.1. The minimum absolute atomic E-state index is 0.607. The molecule has 0 aliphatic heterocycles. The van der Waals surface area contributed by atoms with Crippen LogP contribution in [0.1, 0.15) is 45.0 Å². The van der Waals surface area contributed by atoms with E-state index in [-0.39, 0.29) is 0 Å². The Morgan fingerprint density at radius 2 is 2.00 bits per heavy atom. The molecule has 96 valence electrons. The molecular formula is C13H21ClN2S. The Bertz CT molecular complexity index is 367. The minimum atomic E-state index is 0.607. The molecule has 0 atom stereocenters. The second-order valence-corrected chi connectivity index (χ2v) is 6.08. The summed E-state index contributed by atoms with van der Waals surface area (Å²) in [5.41, 5.74) is 1.01. The van der Waals surface area contributed by atoms with Crippen molar-refractivity contribution in [1.82, 2.24) is 9.97 Å². The number of aryl methyl sites for hydroxylation is 1. The van der Waals surface area contributed by atoms with Crippen molar-refractivity contribution in [3.8, 4) is 0 Å². The van der Waals surface area contributed by atoms with Gasteiger partial charge in [-0.05, 0) is 31.4 Å². The molecule has 1 rings (SSSR count). The van der Waals surface area contributed by atoms with Gasteiger partial charge in [-0.3, -0.25) is 0 Å². The van der Waals surface area contributed by atoms with Crippen LogP contribution in [0.5, 0.6) is 0 Å². The largest absolute Gasteiger partial charge is 0.226 e. The van der Waals surface area contributed by atoms with Crippen LogP contribution in [0.25, 0.3) is 0 Å². The molecule has 0 N–H and O–H groups in total. The van der Waals surface area contributed by atoms with Gasteiger partial charge in [-0.25, -0.2) is 9.97 Å². The Labute approximate surface area is 114 Å². The van der Waals surface area contributed by atoms with Crippen molar-refractivity contribution >= 4 is 23.4 Å². The van der Waals surface area contributed by atoms with Gasteiger partial charge >= 0.3 is 0 Å². The van der Waals surface area contributed by atoms with E-state index in [4.69, 9.17) is 11.6 Å². The van der Waals surface area contributed by atoms with Crippen LogP contribution >= 0.6 is 23.4 Å². The van der Waals surface area contributed by atoms with E-state index < -0.39 is 0 Å². The molecule has 17 heavy (non-hydrogen) atoms. The number of nitrogens with zero attached hydrogens (tertiary/aromatic N) is 2. The van der Waals surface area contributed by atoms with Crippen molar-refractivity contribution in [3.05, 3.63) is 16.5 Å². The normalized spacial score (nSPS) is 11.2. The highest BCUT2D eigenvalue weighted by molar-refractivity contribution is 7.99. The van der Waals surface area contributed by atoms with Gasteiger partial charge in [0.2, 0.25) is 0 Å². The molecule has 0 bridgehead atoms. The van der Waals surface area contributed by atoms with Crippen molar-refractivity contribution in [3.63, 3.8) is 0 Å². The molecule has 0 amide bonds. The van der Waals surface area contributed by atoms with Gasteiger partial charge in [-0.1, -0.05) is 32.4 Å². The van der Waals surface area contributed by atoms with E-state index in [0.717, 1.165) is 40.9 Å². The van der Waals surface area contributed by atoms with Gasteiger partial charge in [-0.2, -0.15) is 0 Å². The molecular weight excluding hydrogens is 252 g/mol. The SMILES string of the molecule is CCCc1nc(Cl)c(C)c(SCCC(C)C)n1. The second kappa shape index (κ2) is 7.22. The van der Waals surface area contributed by atoms with Gasteiger partial charge in [0.05, 0.1) is 0 Å².